The molecule has 7 nitrogen and oxygen atoms in total. The lowest BCUT2D eigenvalue weighted by molar-refractivity contribution is -0.464. The lowest BCUT2D eigenvalue weighted by Crippen LogP contribution is -2.79. The number of aromatic hydroxyl groups is 2. The maximum absolute atomic E-state index is 12.6. The predicted octanol–water partition coefficient (Wildman–Crippen LogP) is 1.10. The number of halogens is 1. The summed E-state index contributed by atoms with van der Waals surface area (Å²) in [4.78, 5) is 24.6. The summed E-state index contributed by atoms with van der Waals surface area (Å²) in [5, 5.41) is 21.7. The van der Waals surface area contributed by atoms with Gasteiger partial charge in [0.1, 0.15) is 6.04 Å². The number of methoxy groups -OCH3 is 1. The number of ether oxygens (including phenoxy) is 1. The first-order valence-corrected chi connectivity index (χ1v) is 9.24. The molecule has 0 bridgehead atoms. The molecule has 1 aliphatic carbocycles. The molecule has 8 heteroatoms. The summed E-state index contributed by atoms with van der Waals surface area (Å²) < 4.78 is 4.77. The number of phenols is 2. The lowest BCUT2D eigenvalue weighted by atomic mass is 9.81. The highest BCUT2D eigenvalue weighted by Gasteiger charge is 2.41. The molecular formula is C18H28ClN2O5+. The lowest BCUT2D eigenvalue weighted by Gasteiger charge is -2.30. The van der Waals surface area contributed by atoms with Crippen molar-refractivity contribution >= 4 is 23.5 Å². The Morgan fingerprint density at radius 2 is 1.85 bits per heavy atom. The van der Waals surface area contributed by atoms with E-state index in [1.807, 2.05) is 0 Å². The molecule has 1 atom stereocenters. The number of quaternary nitrogens is 1. The van der Waals surface area contributed by atoms with E-state index in [0.717, 1.165) is 19.3 Å². The number of benzene rings is 1. The van der Waals surface area contributed by atoms with Crippen LogP contribution in [0.5, 0.6) is 11.5 Å². The molecule has 146 valence electrons. The van der Waals surface area contributed by atoms with Gasteiger partial charge in [-0.25, -0.2) is 4.79 Å². The van der Waals surface area contributed by atoms with Crippen molar-refractivity contribution in [3.05, 3.63) is 23.8 Å². The summed E-state index contributed by atoms with van der Waals surface area (Å²) in [6, 6.07) is 3.41. The van der Waals surface area contributed by atoms with Gasteiger partial charge in [0, 0.05) is 25.6 Å². The Bertz CT molecular complexity index is 618. The predicted molar refractivity (Wildman–Crippen MR) is 97.9 cm³/mol. The van der Waals surface area contributed by atoms with Gasteiger partial charge in [0.25, 0.3) is 5.91 Å². The summed E-state index contributed by atoms with van der Waals surface area (Å²) in [5.74, 6) is -1.32. The van der Waals surface area contributed by atoms with Crippen LogP contribution in [0.1, 0.15) is 37.7 Å². The topological polar surface area (TPSA) is 124 Å². The first kappa shape index (κ1) is 22.1. The van der Waals surface area contributed by atoms with Crippen molar-refractivity contribution in [2.24, 2.45) is 0 Å². The molecule has 1 aromatic carbocycles. The van der Waals surface area contributed by atoms with Gasteiger partial charge in [-0.2, -0.15) is 0 Å². The highest BCUT2D eigenvalue weighted by atomic mass is 35.5. The van der Waals surface area contributed by atoms with Gasteiger partial charge in [0.2, 0.25) is 0 Å². The number of amides is 1. The molecule has 26 heavy (non-hydrogen) atoms. The second kappa shape index (κ2) is 10.2. The van der Waals surface area contributed by atoms with Crippen LogP contribution in [0.4, 0.5) is 0 Å². The molecule has 0 spiro atoms. The number of phenolic OH excluding ortho intramolecular Hbond substituents is 2. The fourth-order valence-electron chi connectivity index (χ4n) is 3.03. The zero-order valence-corrected chi connectivity index (χ0v) is 16.0. The van der Waals surface area contributed by atoms with E-state index in [1.54, 1.807) is 6.07 Å². The van der Waals surface area contributed by atoms with Crippen LogP contribution in [0.3, 0.4) is 0 Å². The second-order valence-corrected chi connectivity index (χ2v) is 6.42. The Morgan fingerprint density at radius 3 is 2.38 bits per heavy atom. The second-order valence-electron chi connectivity index (χ2n) is 6.42. The van der Waals surface area contributed by atoms with Crippen LogP contribution in [0.2, 0.25) is 0 Å². The van der Waals surface area contributed by atoms with Crippen LogP contribution in [0.15, 0.2) is 18.2 Å². The van der Waals surface area contributed by atoms with Crippen LogP contribution in [-0.4, -0.2) is 47.2 Å². The van der Waals surface area contributed by atoms with Crippen molar-refractivity contribution in [1.29, 1.82) is 0 Å². The molecule has 0 aromatic heterocycles. The van der Waals surface area contributed by atoms with E-state index in [1.165, 1.54) is 25.6 Å². The molecule has 1 saturated carbocycles. The minimum absolute atomic E-state index is 0.155. The largest absolute Gasteiger partial charge is 0.504 e. The van der Waals surface area contributed by atoms with Crippen LogP contribution >= 0.6 is 11.6 Å². The third-order valence-corrected chi connectivity index (χ3v) is 4.56. The van der Waals surface area contributed by atoms with Gasteiger partial charge in [-0.05, 0) is 30.5 Å². The molecule has 1 fully saturated rings. The molecule has 1 aliphatic rings. The Hall–Kier alpha value is -1.99. The number of rotatable bonds is 5. The van der Waals surface area contributed by atoms with Gasteiger partial charge in [0.15, 0.2) is 17.0 Å². The van der Waals surface area contributed by atoms with Crippen LogP contribution in [0, 0.1) is 0 Å². The third kappa shape index (κ3) is 5.78. The van der Waals surface area contributed by atoms with Crippen molar-refractivity contribution in [1.82, 2.24) is 5.32 Å². The Balaban J connectivity index is 0.00000163. The normalized spacial score (nSPS) is 16.6. The molecule has 1 aromatic rings. The van der Waals surface area contributed by atoms with E-state index in [9.17, 15) is 19.8 Å². The summed E-state index contributed by atoms with van der Waals surface area (Å²) in [6.45, 7) is 0. The van der Waals surface area contributed by atoms with Crippen molar-refractivity contribution < 1.29 is 30.3 Å². The van der Waals surface area contributed by atoms with Crippen molar-refractivity contribution in [2.45, 2.75) is 50.1 Å². The quantitative estimate of drug-likeness (QED) is 0.342. The Morgan fingerprint density at radius 1 is 1.23 bits per heavy atom. The fraction of sp³-hybridized carbons (Fsp3) is 0.556. The maximum atomic E-state index is 12.6. The monoisotopic (exact) mass is 387 g/mol. The van der Waals surface area contributed by atoms with Gasteiger partial charge in [-0.15, -0.1) is 11.6 Å². The number of carbonyl (C=O) groups excluding carboxylic acids is 2. The summed E-state index contributed by atoms with van der Waals surface area (Å²) in [6.07, 6.45) is 6.02. The van der Waals surface area contributed by atoms with E-state index in [2.05, 4.69) is 22.7 Å². The number of hydrogen-bond donors (Lipinski definition) is 4. The van der Waals surface area contributed by atoms with E-state index in [0.29, 0.717) is 18.4 Å². The molecule has 0 heterocycles. The number of nitrogens with one attached hydrogen (secondary N) is 1. The zero-order valence-electron chi connectivity index (χ0n) is 15.3. The summed E-state index contributed by atoms with van der Waals surface area (Å²) >= 11 is 4.64. The van der Waals surface area contributed by atoms with Crippen molar-refractivity contribution in [2.75, 3.05) is 13.5 Å². The van der Waals surface area contributed by atoms with Gasteiger partial charge in [-0.1, -0.05) is 12.5 Å². The van der Waals surface area contributed by atoms with E-state index < -0.39 is 17.6 Å². The summed E-state index contributed by atoms with van der Waals surface area (Å²) in [5.41, 5.74) is 3.96. The average molecular weight is 388 g/mol. The number of hydrogen-bond acceptors (Lipinski definition) is 5. The standard InChI is InChI=1S/C17H24N2O5.CH3Cl/c1-24-15(22)12(9-11-5-6-13(20)14(21)10-11)19-16(23)17(18)7-3-2-4-8-17;1-2/h5-6,10,12,20-21H,2-4,7-9,18H2,1H3,(H,19,23);1H3/p+1. The smallest absolute Gasteiger partial charge is 0.328 e. The minimum atomic E-state index is -0.869. The van der Waals surface area contributed by atoms with E-state index in [-0.39, 0.29) is 23.8 Å². The molecule has 2 rings (SSSR count). The maximum Gasteiger partial charge on any atom is 0.328 e. The van der Waals surface area contributed by atoms with Gasteiger partial charge < -0.3 is 26.0 Å². The molecular weight excluding hydrogens is 360 g/mol. The average Bonchev–Trinajstić information content (AvgIpc) is 2.65. The van der Waals surface area contributed by atoms with Crippen LogP contribution in [0.25, 0.3) is 0 Å². The number of carbonyl (C=O) groups is 2. The summed E-state index contributed by atoms with van der Waals surface area (Å²) in [7, 11) is 1.26. The Kier molecular flexibility index (Phi) is 8.68. The minimum Gasteiger partial charge on any atom is -0.504 e. The van der Waals surface area contributed by atoms with E-state index in [4.69, 9.17) is 4.74 Å². The van der Waals surface area contributed by atoms with Crippen molar-refractivity contribution in [3.8, 4) is 11.5 Å². The zero-order chi connectivity index (χ0) is 19.7. The molecule has 0 radical (unpaired) electrons. The van der Waals surface area contributed by atoms with Crippen molar-refractivity contribution in [3.63, 3.8) is 0 Å². The molecule has 0 saturated heterocycles. The van der Waals surface area contributed by atoms with Crippen LogP contribution < -0.4 is 11.1 Å². The molecule has 1 amide bonds. The number of alkyl halides is 1. The van der Waals surface area contributed by atoms with Gasteiger partial charge >= 0.3 is 5.97 Å². The molecule has 0 aliphatic heterocycles. The fourth-order valence-corrected chi connectivity index (χ4v) is 3.03. The first-order valence-electron chi connectivity index (χ1n) is 8.48. The highest BCUT2D eigenvalue weighted by Crippen LogP contribution is 2.26. The third-order valence-electron chi connectivity index (χ3n) is 4.56. The SMILES string of the molecule is CCl.COC(=O)C(Cc1ccc(O)c(O)c1)NC(=O)C1([NH3+])CCCCC1. The van der Waals surface area contributed by atoms with Gasteiger partial charge in [0.05, 0.1) is 7.11 Å². The first-order chi connectivity index (χ1) is 12.4. The number of esters is 1. The van der Waals surface area contributed by atoms with Gasteiger partial charge in [-0.3, -0.25) is 4.79 Å². The Labute approximate surface area is 158 Å². The molecule has 1 unspecified atom stereocenters. The van der Waals surface area contributed by atoms with E-state index >= 15 is 0 Å². The highest BCUT2D eigenvalue weighted by molar-refractivity contribution is 6.15. The van der Waals surface area contributed by atoms with Crippen LogP contribution in [-0.2, 0) is 20.7 Å². The molecule has 6 N–H and O–H groups in total.